The molecule has 1 aliphatic carbocycles. The molecule has 0 saturated carbocycles. The normalized spacial score (nSPS) is 35.9. The van der Waals surface area contributed by atoms with Gasteiger partial charge in [0.2, 0.25) is 0 Å². The van der Waals surface area contributed by atoms with Crippen molar-refractivity contribution in [3.63, 3.8) is 0 Å². The Hall–Kier alpha value is -1.10. The number of allylic oxidation sites excluding steroid dienone is 2. The van der Waals surface area contributed by atoms with Crippen molar-refractivity contribution in [3.8, 4) is 0 Å². The molecule has 2 saturated heterocycles. The smallest absolute Gasteiger partial charge is 0.104 e. The lowest BCUT2D eigenvalue weighted by atomic mass is 9.89. The SMILES string of the molecule is C1=CC2=C3C(C4CNC4)OCCN3NC2C=C1. The first-order chi connectivity index (χ1) is 8.43. The molecule has 0 aromatic rings. The van der Waals surface area contributed by atoms with E-state index in [1.165, 1.54) is 11.3 Å². The third-order valence-corrected chi connectivity index (χ3v) is 4.03. The molecule has 2 N–H and O–H groups in total. The zero-order valence-corrected chi connectivity index (χ0v) is 9.73. The molecule has 0 spiro atoms. The molecule has 4 aliphatic rings. The van der Waals surface area contributed by atoms with Crippen molar-refractivity contribution in [1.29, 1.82) is 0 Å². The minimum absolute atomic E-state index is 0.272. The van der Waals surface area contributed by atoms with Gasteiger partial charge >= 0.3 is 0 Å². The molecule has 0 aromatic heterocycles. The molecule has 0 radical (unpaired) electrons. The second-order valence-corrected chi connectivity index (χ2v) is 5.05. The number of rotatable bonds is 1. The Morgan fingerprint density at radius 1 is 1.29 bits per heavy atom. The third kappa shape index (κ3) is 1.41. The summed E-state index contributed by atoms with van der Waals surface area (Å²) in [7, 11) is 0. The Morgan fingerprint density at radius 3 is 3.06 bits per heavy atom. The van der Waals surface area contributed by atoms with E-state index >= 15 is 0 Å². The predicted molar refractivity (Wildman–Crippen MR) is 65.0 cm³/mol. The van der Waals surface area contributed by atoms with Crippen LogP contribution in [-0.4, -0.2) is 43.4 Å². The minimum atomic E-state index is 0.272. The fourth-order valence-electron chi connectivity index (χ4n) is 3.03. The molecule has 3 heterocycles. The first-order valence-electron chi connectivity index (χ1n) is 6.38. The van der Waals surface area contributed by atoms with E-state index in [0.29, 0.717) is 12.0 Å². The maximum absolute atomic E-state index is 6.01. The van der Waals surface area contributed by atoms with Gasteiger partial charge in [-0.05, 0) is 5.57 Å². The maximum Gasteiger partial charge on any atom is 0.104 e. The average molecular weight is 231 g/mol. The van der Waals surface area contributed by atoms with Crippen molar-refractivity contribution in [2.75, 3.05) is 26.2 Å². The zero-order chi connectivity index (χ0) is 11.2. The van der Waals surface area contributed by atoms with Gasteiger partial charge < -0.3 is 15.1 Å². The molecule has 2 unspecified atom stereocenters. The summed E-state index contributed by atoms with van der Waals surface area (Å²) in [5.41, 5.74) is 6.31. The van der Waals surface area contributed by atoms with Gasteiger partial charge in [0.1, 0.15) is 6.10 Å². The molecule has 4 rings (SSSR count). The van der Waals surface area contributed by atoms with Gasteiger partial charge in [-0.3, -0.25) is 0 Å². The molecule has 0 bridgehead atoms. The van der Waals surface area contributed by atoms with Gasteiger partial charge in [0.15, 0.2) is 0 Å². The van der Waals surface area contributed by atoms with Crippen LogP contribution in [0, 0.1) is 5.92 Å². The van der Waals surface area contributed by atoms with Crippen molar-refractivity contribution < 1.29 is 4.74 Å². The van der Waals surface area contributed by atoms with Crippen molar-refractivity contribution >= 4 is 0 Å². The standard InChI is InChI=1S/C13H17N3O/c1-2-4-11-10(3-1)12-13(9-7-14-8-9)17-6-5-16(12)15-11/h1-4,9,11,13-15H,5-8H2. The van der Waals surface area contributed by atoms with Gasteiger partial charge in [-0.25, -0.2) is 5.43 Å². The van der Waals surface area contributed by atoms with E-state index in [-0.39, 0.29) is 6.10 Å². The molecule has 3 aliphatic heterocycles. The summed E-state index contributed by atoms with van der Waals surface area (Å²) in [5.74, 6) is 0.639. The van der Waals surface area contributed by atoms with E-state index in [2.05, 4.69) is 40.1 Å². The minimum Gasteiger partial charge on any atom is -0.370 e. The summed E-state index contributed by atoms with van der Waals surface area (Å²) in [5, 5.41) is 5.64. The van der Waals surface area contributed by atoms with E-state index in [9.17, 15) is 0 Å². The summed E-state index contributed by atoms with van der Waals surface area (Å²) < 4.78 is 6.01. The molecule has 0 aromatic carbocycles. The molecule has 17 heavy (non-hydrogen) atoms. The topological polar surface area (TPSA) is 36.5 Å². The molecule has 0 amide bonds. The van der Waals surface area contributed by atoms with Crippen LogP contribution in [0.5, 0.6) is 0 Å². The van der Waals surface area contributed by atoms with Gasteiger partial charge in [-0.1, -0.05) is 24.3 Å². The van der Waals surface area contributed by atoms with E-state index in [1.807, 2.05) is 0 Å². The third-order valence-electron chi connectivity index (χ3n) is 4.03. The lowest BCUT2D eigenvalue weighted by Crippen LogP contribution is -2.55. The Morgan fingerprint density at radius 2 is 2.24 bits per heavy atom. The highest BCUT2D eigenvalue weighted by Crippen LogP contribution is 2.34. The Bertz CT molecular complexity index is 422. The number of ether oxygens (including phenoxy) is 1. The van der Waals surface area contributed by atoms with Crippen LogP contribution in [0.2, 0.25) is 0 Å². The number of morpholine rings is 1. The van der Waals surface area contributed by atoms with Crippen molar-refractivity contribution in [2.24, 2.45) is 5.92 Å². The first kappa shape index (κ1) is 9.88. The zero-order valence-electron chi connectivity index (χ0n) is 9.73. The Kier molecular flexibility index (Phi) is 2.15. The number of nitrogens with zero attached hydrogens (tertiary/aromatic N) is 1. The van der Waals surface area contributed by atoms with E-state index in [0.717, 1.165) is 26.2 Å². The highest BCUT2D eigenvalue weighted by atomic mass is 16.5. The van der Waals surface area contributed by atoms with E-state index < -0.39 is 0 Å². The first-order valence-corrected chi connectivity index (χ1v) is 6.38. The second-order valence-electron chi connectivity index (χ2n) is 5.05. The van der Waals surface area contributed by atoms with Crippen LogP contribution in [0.3, 0.4) is 0 Å². The number of nitrogens with one attached hydrogen (secondary N) is 2. The highest BCUT2D eigenvalue weighted by molar-refractivity contribution is 5.44. The number of hydrazine groups is 1. The maximum atomic E-state index is 6.01. The summed E-state index contributed by atoms with van der Waals surface area (Å²) in [4.78, 5) is 0. The van der Waals surface area contributed by atoms with Crippen LogP contribution in [0.1, 0.15) is 0 Å². The predicted octanol–water partition coefficient (Wildman–Crippen LogP) is 0.174. The van der Waals surface area contributed by atoms with Crippen molar-refractivity contribution in [1.82, 2.24) is 15.8 Å². The lowest BCUT2D eigenvalue weighted by molar-refractivity contribution is -0.0425. The van der Waals surface area contributed by atoms with Crippen LogP contribution in [0.25, 0.3) is 0 Å². The van der Waals surface area contributed by atoms with Crippen LogP contribution in [-0.2, 0) is 4.74 Å². The Labute approximate surface area is 101 Å². The van der Waals surface area contributed by atoms with Crippen LogP contribution in [0.15, 0.2) is 35.6 Å². The van der Waals surface area contributed by atoms with Gasteiger partial charge in [0.25, 0.3) is 0 Å². The van der Waals surface area contributed by atoms with Crippen LogP contribution >= 0.6 is 0 Å². The van der Waals surface area contributed by atoms with Gasteiger partial charge in [-0.2, -0.15) is 0 Å². The molecule has 4 nitrogen and oxygen atoms in total. The van der Waals surface area contributed by atoms with Crippen molar-refractivity contribution in [3.05, 3.63) is 35.6 Å². The molecule has 4 heteroatoms. The highest BCUT2D eigenvalue weighted by Gasteiger charge is 2.41. The van der Waals surface area contributed by atoms with Crippen LogP contribution in [0.4, 0.5) is 0 Å². The molecular weight excluding hydrogens is 214 g/mol. The monoisotopic (exact) mass is 231 g/mol. The fourth-order valence-corrected chi connectivity index (χ4v) is 3.03. The fraction of sp³-hybridized carbons (Fsp3) is 0.538. The molecule has 2 fully saturated rings. The molecule has 2 atom stereocenters. The number of fused-ring (bicyclic) bond motifs is 2. The largest absolute Gasteiger partial charge is 0.370 e. The van der Waals surface area contributed by atoms with Gasteiger partial charge in [0.05, 0.1) is 24.9 Å². The summed E-state index contributed by atoms with van der Waals surface area (Å²) in [6, 6.07) is 0.354. The Balaban J connectivity index is 1.72. The summed E-state index contributed by atoms with van der Waals surface area (Å²) in [6.45, 7) is 3.94. The van der Waals surface area contributed by atoms with E-state index in [4.69, 9.17) is 4.74 Å². The molecule has 90 valence electrons. The summed E-state index contributed by atoms with van der Waals surface area (Å²) in [6.07, 6.45) is 8.95. The van der Waals surface area contributed by atoms with Crippen LogP contribution < -0.4 is 10.7 Å². The lowest BCUT2D eigenvalue weighted by Gasteiger charge is -2.41. The van der Waals surface area contributed by atoms with Crippen molar-refractivity contribution in [2.45, 2.75) is 12.1 Å². The number of hydrogen-bond donors (Lipinski definition) is 2. The second kappa shape index (κ2) is 3.70. The molecular formula is C13H17N3O. The van der Waals surface area contributed by atoms with Gasteiger partial charge in [0, 0.05) is 19.0 Å². The quantitative estimate of drug-likeness (QED) is 0.675. The average Bonchev–Trinajstić information content (AvgIpc) is 2.66. The summed E-state index contributed by atoms with van der Waals surface area (Å²) >= 11 is 0. The number of hydrogen-bond acceptors (Lipinski definition) is 4. The van der Waals surface area contributed by atoms with Gasteiger partial charge in [-0.15, -0.1) is 0 Å². The van der Waals surface area contributed by atoms with E-state index in [1.54, 1.807) is 0 Å².